The van der Waals surface area contributed by atoms with Gasteiger partial charge in [0.1, 0.15) is 12.3 Å². The van der Waals surface area contributed by atoms with E-state index in [4.69, 9.17) is 16.3 Å². The van der Waals surface area contributed by atoms with Crippen LogP contribution in [0.4, 0.5) is 0 Å². The Labute approximate surface area is 247 Å². The van der Waals surface area contributed by atoms with Crippen molar-refractivity contribution in [3.63, 3.8) is 0 Å². The first-order chi connectivity index (χ1) is 20.4. The van der Waals surface area contributed by atoms with Crippen LogP contribution in [0.15, 0.2) is 97.1 Å². The number of rotatable bonds is 6. The van der Waals surface area contributed by atoms with Crippen molar-refractivity contribution in [1.82, 2.24) is 10.0 Å². The Morgan fingerprint density at radius 3 is 1.76 bits per heavy atom. The van der Waals surface area contributed by atoms with E-state index < -0.39 is 41.9 Å². The molecule has 1 aliphatic heterocycles. The van der Waals surface area contributed by atoms with Gasteiger partial charge < -0.3 is 4.74 Å². The summed E-state index contributed by atoms with van der Waals surface area (Å²) in [6.45, 7) is -0.513. The third-order valence-corrected chi connectivity index (χ3v) is 8.93. The zero-order valence-corrected chi connectivity index (χ0v) is 23.3. The predicted molar refractivity (Wildman–Crippen MR) is 155 cm³/mol. The van der Waals surface area contributed by atoms with E-state index in [0.717, 1.165) is 32.3 Å². The lowest BCUT2D eigenvalue weighted by Gasteiger charge is -2.45. The number of hydrogen-bond acceptors (Lipinski definition) is 5. The zero-order chi connectivity index (χ0) is 29.1. The topological polar surface area (TPSA) is 84.0 Å². The maximum Gasteiger partial charge on any atom is 0.273 e. The monoisotopic (exact) mass is 576 g/mol. The standard InChI is InChI=1S/C34H25ClN2O5/c1-42-22-8-6-7-20(17-22)27(38)18-36(32(39)19-13-15-21(35)16-14-19)37-33(40)30-28-23-9-2-3-10-24(23)29(31(30)34(37)41)26-12-5-4-11-25(26)28/h2-17,28-31H,18H2,1H3/t28?,29?,30-,31-/m0/s1. The third-order valence-electron chi connectivity index (χ3n) is 8.68. The van der Waals surface area contributed by atoms with Gasteiger partial charge in [-0.05, 0) is 58.7 Å². The lowest BCUT2D eigenvalue weighted by Crippen LogP contribution is -2.52. The number of halogens is 1. The molecule has 1 fully saturated rings. The molecular weight excluding hydrogens is 552 g/mol. The van der Waals surface area contributed by atoms with Crippen molar-refractivity contribution in [1.29, 1.82) is 0 Å². The summed E-state index contributed by atoms with van der Waals surface area (Å²) >= 11 is 6.06. The Hall–Kier alpha value is -4.75. The van der Waals surface area contributed by atoms with E-state index in [0.29, 0.717) is 16.3 Å². The third kappa shape index (κ3) is 3.88. The molecule has 2 atom stereocenters. The Morgan fingerprint density at radius 1 is 0.738 bits per heavy atom. The number of Topliss-reactive ketones (excluding diaryl/α,β-unsaturated/α-hetero) is 1. The molecule has 0 radical (unpaired) electrons. The molecule has 3 amide bonds. The van der Waals surface area contributed by atoms with Crippen molar-refractivity contribution in [2.75, 3.05) is 13.7 Å². The van der Waals surface area contributed by atoms with E-state index in [1.165, 1.54) is 19.2 Å². The molecule has 1 saturated heterocycles. The molecule has 8 heteroatoms. The first kappa shape index (κ1) is 26.2. The largest absolute Gasteiger partial charge is 0.497 e. The number of benzene rings is 4. The smallest absolute Gasteiger partial charge is 0.273 e. The van der Waals surface area contributed by atoms with Crippen LogP contribution >= 0.6 is 11.6 Å². The minimum Gasteiger partial charge on any atom is -0.497 e. The van der Waals surface area contributed by atoms with Crippen molar-refractivity contribution < 1.29 is 23.9 Å². The fourth-order valence-corrected chi connectivity index (χ4v) is 7.02. The number of amides is 3. The number of methoxy groups -OCH3 is 1. The molecule has 2 bridgehead atoms. The fraction of sp³-hybridized carbons (Fsp3) is 0.176. The summed E-state index contributed by atoms with van der Waals surface area (Å²) in [5, 5.41) is 2.36. The van der Waals surface area contributed by atoms with Crippen LogP contribution in [0.3, 0.4) is 0 Å². The molecule has 42 heavy (non-hydrogen) atoms. The minimum absolute atomic E-state index is 0.197. The number of nitrogens with zero attached hydrogens (tertiary/aromatic N) is 2. The Balaban J connectivity index is 1.32. The summed E-state index contributed by atoms with van der Waals surface area (Å²) in [5.74, 6) is -3.64. The summed E-state index contributed by atoms with van der Waals surface area (Å²) in [7, 11) is 1.49. The SMILES string of the molecule is COc1cccc(C(=O)CN(C(=O)c2ccc(Cl)cc2)N2C(=O)[C@H]3C4c5ccccc5C(c5ccccc54)[C@@H]3C2=O)c1. The van der Waals surface area contributed by atoms with Gasteiger partial charge in [0.2, 0.25) is 0 Å². The number of imide groups is 1. The molecular formula is C34H25ClN2O5. The lowest BCUT2D eigenvalue weighted by molar-refractivity contribution is -0.154. The van der Waals surface area contributed by atoms with Crippen LogP contribution in [0.5, 0.6) is 5.75 Å². The van der Waals surface area contributed by atoms with Gasteiger partial charge in [0, 0.05) is 28.0 Å². The zero-order valence-electron chi connectivity index (χ0n) is 22.6. The highest BCUT2D eigenvalue weighted by Crippen LogP contribution is 2.61. The molecule has 1 heterocycles. The van der Waals surface area contributed by atoms with E-state index in [1.807, 2.05) is 48.5 Å². The summed E-state index contributed by atoms with van der Waals surface area (Å²) < 4.78 is 5.26. The molecule has 208 valence electrons. The van der Waals surface area contributed by atoms with E-state index >= 15 is 0 Å². The number of ketones is 1. The minimum atomic E-state index is -0.695. The molecule has 4 aromatic carbocycles. The van der Waals surface area contributed by atoms with Crippen molar-refractivity contribution in [2.24, 2.45) is 11.8 Å². The molecule has 4 aromatic rings. The van der Waals surface area contributed by atoms with Crippen molar-refractivity contribution in [3.05, 3.63) is 135 Å². The Morgan fingerprint density at radius 2 is 1.26 bits per heavy atom. The molecule has 0 N–H and O–H groups in total. The van der Waals surface area contributed by atoms with E-state index in [2.05, 4.69) is 0 Å². The summed E-state index contributed by atoms with van der Waals surface area (Å²) in [6, 6.07) is 28.5. The highest BCUT2D eigenvalue weighted by atomic mass is 35.5. The molecule has 7 nitrogen and oxygen atoms in total. The van der Waals surface area contributed by atoms with E-state index in [9.17, 15) is 19.2 Å². The van der Waals surface area contributed by atoms with Crippen LogP contribution in [0.2, 0.25) is 5.02 Å². The van der Waals surface area contributed by atoms with Crippen molar-refractivity contribution in [2.45, 2.75) is 11.8 Å². The second-order valence-corrected chi connectivity index (χ2v) is 11.2. The normalized spacial score (nSPS) is 21.4. The first-order valence-corrected chi connectivity index (χ1v) is 14.1. The second kappa shape index (κ2) is 9.96. The fourth-order valence-electron chi connectivity index (χ4n) is 6.90. The summed E-state index contributed by atoms with van der Waals surface area (Å²) in [4.78, 5) is 56.3. The van der Waals surface area contributed by atoms with Gasteiger partial charge >= 0.3 is 0 Å². The molecule has 0 aromatic heterocycles. The number of hydrogen-bond donors (Lipinski definition) is 0. The van der Waals surface area contributed by atoms with Crippen LogP contribution < -0.4 is 4.74 Å². The van der Waals surface area contributed by atoms with Crippen LogP contribution in [-0.4, -0.2) is 47.2 Å². The van der Waals surface area contributed by atoms with Crippen molar-refractivity contribution >= 4 is 35.1 Å². The maximum atomic E-state index is 14.4. The Kier molecular flexibility index (Phi) is 6.21. The highest BCUT2D eigenvalue weighted by Gasteiger charge is 2.63. The number of carbonyl (C=O) groups is 4. The van der Waals surface area contributed by atoms with E-state index in [1.54, 1.807) is 36.4 Å². The van der Waals surface area contributed by atoms with Gasteiger partial charge in [0.15, 0.2) is 5.78 Å². The molecule has 0 spiro atoms. The molecule has 4 aliphatic rings. The highest BCUT2D eigenvalue weighted by molar-refractivity contribution is 6.30. The summed E-state index contributed by atoms with van der Waals surface area (Å²) in [5.41, 5.74) is 4.58. The molecule has 8 rings (SSSR count). The van der Waals surface area contributed by atoms with Crippen LogP contribution in [0, 0.1) is 11.8 Å². The van der Waals surface area contributed by atoms with Gasteiger partial charge in [0.05, 0.1) is 18.9 Å². The average molecular weight is 577 g/mol. The number of ether oxygens (including phenoxy) is 1. The van der Waals surface area contributed by atoms with E-state index in [-0.39, 0.29) is 17.4 Å². The summed E-state index contributed by atoms with van der Waals surface area (Å²) in [6.07, 6.45) is 0. The lowest BCUT2D eigenvalue weighted by atomic mass is 9.55. The average Bonchev–Trinajstić information content (AvgIpc) is 3.29. The quantitative estimate of drug-likeness (QED) is 0.224. The van der Waals surface area contributed by atoms with Crippen molar-refractivity contribution in [3.8, 4) is 5.75 Å². The Bertz CT molecular complexity index is 1670. The van der Waals surface area contributed by atoms with Gasteiger partial charge in [0.25, 0.3) is 17.7 Å². The van der Waals surface area contributed by atoms with Gasteiger partial charge in [-0.3, -0.25) is 19.2 Å². The second-order valence-electron chi connectivity index (χ2n) is 10.8. The predicted octanol–water partition coefficient (Wildman–Crippen LogP) is 5.48. The number of hydrazine groups is 1. The van der Waals surface area contributed by atoms with Gasteiger partial charge in [-0.2, -0.15) is 5.01 Å². The van der Waals surface area contributed by atoms with Crippen LogP contribution in [0.25, 0.3) is 0 Å². The van der Waals surface area contributed by atoms with Crippen LogP contribution in [-0.2, 0) is 9.59 Å². The van der Waals surface area contributed by atoms with Crippen LogP contribution in [0.1, 0.15) is 54.8 Å². The molecule has 3 aliphatic carbocycles. The number of carbonyl (C=O) groups excluding carboxylic acids is 4. The van der Waals surface area contributed by atoms with Gasteiger partial charge in [-0.1, -0.05) is 72.3 Å². The first-order valence-electron chi connectivity index (χ1n) is 13.7. The molecule has 0 saturated carbocycles. The van der Waals surface area contributed by atoms with Gasteiger partial charge in [-0.25, -0.2) is 5.01 Å². The molecule has 0 unspecified atom stereocenters. The maximum absolute atomic E-state index is 14.4. The van der Waals surface area contributed by atoms with Gasteiger partial charge in [-0.15, -0.1) is 0 Å².